The van der Waals surface area contributed by atoms with Crippen molar-refractivity contribution < 1.29 is 14.3 Å². The van der Waals surface area contributed by atoms with Crippen LogP contribution in [0.15, 0.2) is 18.2 Å². The highest BCUT2D eigenvalue weighted by molar-refractivity contribution is 5.94. The van der Waals surface area contributed by atoms with Gasteiger partial charge in [0.2, 0.25) is 5.91 Å². The maximum absolute atomic E-state index is 11.2. The third kappa shape index (κ3) is 2.02. The van der Waals surface area contributed by atoms with E-state index >= 15 is 0 Å². The van der Waals surface area contributed by atoms with E-state index in [1.165, 1.54) is 5.56 Å². The van der Waals surface area contributed by atoms with Gasteiger partial charge < -0.3 is 14.8 Å². The van der Waals surface area contributed by atoms with Crippen LogP contribution in [0.4, 0.5) is 5.69 Å². The summed E-state index contributed by atoms with van der Waals surface area (Å²) >= 11 is 0. The number of anilines is 1. The second-order valence-electron chi connectivity index (χ2n) is 4.13. The molecular weight excluding hydrogens is 206 g/mol. The quantitative estimate of drug-likeness (QED) is 0.781. The highest BCUT2D eigenvalue weighted by Gasteiger charge is 2.23. The highest BCUT2D eigenvalue weighted by Crippen LogP contribution is 2.27. The SMILES string of the molecule is O=C1CCc2ccc(OCC3CO3)cc2N1. The summed E-state index contributed by atoms with van der Waals surface area (Å²) in [7, 11) is 0. The van der Waals surface area contributed by atoms with Gasteiger partial charge in [-0.15, -0.1) is 0 Å². The number of nitrogens with one attached hydrogen (secondary N) is 1. The van der Waals surface area contributed by atoms with Gasteiger partial charge in [0.1, 0.15) is 18.5 Å². The Kier molecular flexibility index (Phi) is 2.29. The number of carbonyl (C=O) groups is 1. The van der Waals surface area contributed by atoms with Gasteiger partial charge >= 0.3 is 0 Å². The number of amides is 1. The van der Waals surface area contributed by atoms with Crippen LogP contribution in [0.25, 0.3) is 0 Å². The van der Waals surface area contributed by atoms with Crippen molar-refractivity contribution in [1.82, 2.24) is 0 Å². The summed E-state index contributed by atoms with van der Waals surface area (Å²) in [6.45, 7) is 1.38. The molecule has 2 aliphatic rings. The number of hydrogen-bond donors (Lipinski definition) is 1. The fourth-order valence-electron chi connectivity index (χ4n) is 1.79. The molecule has 1 N–H and O–H groups in total. The minimum Gasteiger partial charge on any atom is -0.491 e. The van der Waals surface area contributed by atoms with E-state index in [-0.39, 0.29) is 12.0 Å². The molecule has 0 saturated carbocycles. The van der Waals surface area contributed by atoms with Gasteiger partial charge in [-0.2, -0.15) is 0 Å². The van der Waals surface area contributed by atoms with Crippen molar-refractivity contribution in [3.05, 3.63) is 23.8 Å². The maximum Gasteiger partial charge on any atom is 0.224 e. The van der Waals surface area contributed by atoms with Crippen LogP contribution in [0, 0.1) is 0 Å². The van der Waals surface area contributed by atoms with Gasteiger partial charge in [0.05, 0.1) is 6.61 Å². The third-order valence-electron chi connectivity index (χ3n) is 2.82. The van der Waals surface area contributed by atoms with Gasteiger partial charge in [0.15, 0.2) is 0 Å². The first-order valence-electron chi connectivity index (χ1n) is 5.48. The van der Waals surface area contributed by atoms with Crippen molar-refractivity contribution in [3.63, 3.8) is 0 Å². The normalized spacial score (nSPS) is 22.2. The van der Waals surface area contributed by atoms with Crippen molar-refractivity contribution in [2.45, 2.75) is 18.9 Å². The average Bonchev–Trinajstić information content (AvgIpc) is 3.09. The molecule has 84 valence electrons. The molecule has 1 fully saturated rings. The number of fused-ring (bicyclic) bond motifs is 1. The summed E-state index contributed by atoms with van der Waals surface area (Å²) in [6, 6.07) is 5.84. The van der Waals surface area contributed by atoms with E-state index in [2.05, 4.69) is 5.32 Å². The lowest BCUT2D eigenvalue weighted by Crippen LogP contribution is -2.19. The molecule has 0 radical (unpaired) electrons. The fraction of sp³-hybridized carbons (Fsp3) is 0.417. The molecular formula is C12H13NO3. The van der Waals surface area contributed by atoms with E-state index in [1.54, 1.807) is 0 Å². The summed E-state index contributed by atoms with van der Waals surface area (Å²) in [6.07, 6.45) is 1.64. The molecule has 1 unspecified atom stereocenters. The fourth-order valence-corrected chi connectivity index (χ4v) is 1.79. The van der Waals surface area contributed by atoms with Gasteiger partial charge in [0, 0.05) is 18.2 Å². The molecule has 2 aliphatic heterocycles. The molecule has 4 nitrogen and oxygen atoms in total. The smallest absolute Gasteiger partial charge is 0.224 e. The van der Waals surface area contributed by atoms with Crippen LogP contribution in [0.3, 0.4) is 0 Å². The largest absolute Gasteiger partial charge is 0.491 e. The van der Waals surface area contributed by atoms with Crippen LogP contribution >= 0.6 is 0 Å². The Morgan fingerprint density at radius 2 is 2.31 bits per heavy atom. The van der Waals surface area contributed by atoms with Gasteiger partial charge in [-0.25, -0.2) is 0 Å². The van der Waals surface area contributed by atoms with E-state index in [4.69, 9.17) is 9.47 Å². The van der Waals surface area contributed by atoms with Gasteiger partial charge in [-0.05, 0) is 18.1 Å². The van der Waals surface area contributed by atoms with Gasteiger partial charge in [-0.3, -0.25) is 4.79 Å². The van der Waals surface area contributed by atoms with Crippen LogP contribution < -0.4 is 10.1 Å². The zero-order valence-corrected chi connectivity index (χ0v) is 8.86. The van der Waals surface area contributed by atoms with Crippen molar-refractivity contribution in [2.24, 2.45) is 0 Å². The molecule has 1 aromatic rings. The number of aryl methyl sites for hydroxylation is 1. The number of benzene rings is 1. The summed E-state index contributed by atoms with van der Waals surface area (Å²) in [4.78, 5) is 11.2. The zero-order chi connectivity index (χ0) is 11.0. The number of carbonyl (C=O) groups excluding carboxylic acids is 1. The van der Waals surface area contributed by atoms with Gasteiger partial charge in [-0.1, -0.05) is 6.07 Å². The second kappa shape index (κ2) is 3.79. The first kappa shape index (κ1) is 9.66. The number of rotatable bonds is 3. The zero-order valence-electron chi connectivity index (χ0n) is 8.86. The lowest BCUT2D eigenvalue weighted by Gasteiger charge is -2.17. The van der Waals surface area contributed by atoms with Crippen molar-refractivity contribution >= 4 is 11.6 Å². The van der Waals surface area contributed by atoms with Crippen LogP contribution in [-0.2, 0) is 16.0 Å². The second-order valence-corrected chi connectivity index (χ2v) is 4.13. The number of hydrogen-bond acceptors (Lipinski definition) is 3. The molecule has 0 aromatic heterocycles. The molecule has 4 heteroatoms. The van der Waals surface area contributed by atoms with E-state index in [0.717, 1.165) is 24.5 Å². The lowest BCUT2D eigenvalue weighted by molar-refractivity contribution is -0.116. The number of ether oxygens (including phenoxy) is 2. The molecule has 0 bridgehead atoms. The molecule has 16 heavy (non-hydrogen) atoms. The Hall–Kier alpha value is -1.55. The first-order valence-corrected chi connectivity index (χ1v) is 5.48. The summed E-state index contributed by atoms with van der Waals surface area (Å²) in [5, 5.41) is 2.85. The Bertz CT molecular complexity index is 426. The summed E-state index contributed by atoms with van der Waals surface area (Å²) in [5.41, 5.74) is 2.06. The minimum atomic E-state index is 0.0789. The monoisotopic (exact) mass is 219 g/mol. The summed E-state index contributed by atoms with van der Waals surface area (Å²) in [5.74, 6) is 0.867. The topological polar surface area (TPSA) is 50.9 Å². The number of epoxide rings is 1. The molecule has 1 amide bonds. The third-order valence-corrected chi connectivity index (χ3v) is 2.82. The molecule has 0 aliphatic carbocycles. The molecule has 2 heterocycles. The Morgan fingerprint density at radius 3 is 3.12 bits per heavy atom. The minimum absolute atomic E-state index is 0.0789. The van der Waals surface area contributed by atoms with Gasteiger partial charge in [0.25, 0.3) is 0 Å². The Balaban J connectivity index is 1.74. The molecule has 1 saturated heterocycles. The molecule has 0 spiro atoms. The average molecular weight is 219 g/mol. The van der Waals surface area contributed by atoms with Crippen molar-refractivity contribution in [1.29, 1.82) is 0 Å². The standard InChI is InChI=1S/C12H13NO3/c14-12-4-2-8-1-3-9(5-11(8)13-12)15-6-10-7-16-10/h1,3,5,10H,2,4,6-7H2,(H,13,14). The van der Waals surface area contributed by atoms with Crippen molar-refractivity contribution in [2.75, 3.05) is 18.5 Å². The van der Waals surface area contributed by atoms with E-state index in [1.807, 2.05) is 18.2 Å². The molecule has 1 atom stereocenters. The predicted octanol–water partition coefficient (Wildman–Crippen LogP) is 1.35. The van der Waals surface area contributed by atoms with E-state index in [9.17, 15) is 4.79 Å². The van der Waals surface area contributed by atoms with Crippen LogP contribution in [0.5, 0.6) is 5.75 Å². The first-order chi connectivity index (χ1) is 7.81. The molecule has 3 rings (SSSR count). The highest BCUT2D eigenvalue weighted by atomic mass is 16.6. The van der Waals surface area contributed by atoms with E-state index in [0.29, 0.717) is 13.0 Å². The maximum atomic E-state index is 11.2. The van der Waals surface area contributed by atoms with E-state index < -0.39 is 0 Å². The van der Waals surface area contributed by atoms with Crippen LogP contribution in [0.2, 0.25) is 0 Å². The Labute approximate surface area is 93.5 Å². The van der Waals surface area contributed by atoms with Crippen LogP contribution in [-0.4, -0.2) is 25.2 Å². The Morgan fingerprint density at radius 1 is 1.44 bits per heavy atom. The van der Waals surface area contributed by atoms with Crippen LogP contribution in [0.1, 0.15) is 12.0 Å². The summed E-state index contributed by atoms with van der Waals surface area (Å²) < 4.78 is 10.6. The molecule has 1 aromatic carbocycles. The predicted molar refractivity (Wildman–Crippen MR) is 58.6 cm³/mol. The van der Waals surface area contributed by atoms with Crippen molar-refractivity contribution in [3.8, 4) is 5.75 Å². The lowest BCUT2D eigenvalue weighted by atomic mass is 10.0.